The monoisotopic (exact) mass is 356 g/mol. The topological polar surface area (TPSA) is 83.3 Å². The lowest BCUT2D eigenvalue weighted by molar-refractivity contribution is 0.0953. The molecule has 3 N–H and O–H groups in total. The Kier molecular flexibility index (Phi) is 7.67. The van der Waals surface area contributed by atoms with Gasteiger partial charge < -0.3 is 16.0 Å². The van der Waals surface area contributed by atoms with Crippen molar-refractivity contribution in [1.29, 1.82) is 0 Å². The van der Waals surface area contributed by atoms with Crippen LogP contribution in [0.25, 0.3) is 0 Å². The van der Waals surface area contributed by atoms with E-state index in [9.17, 15) is 4.79 Å². The molecule has 0 aliphatic carbocycles. The molecule has 2 rings (SSSR count). The number of guanidine groups is 1. The molecular weight excluding hydrogens is 328 g/mol. The van der Waals surface area contributed by atoms with Crippen molar-refractivity contribution in [3.8, 4) is 0 Å². The minimum absolute atomic E-state index is 0.0217. The summed E-state index contributed by atoms with van der Waals surface area (Å²) in [4.78, 5) is 16.2. The molecule has 0 spiro atoms. The van der Waals surface area contributed by atoms with Gasteiger partial charge >= 0.3 is 0 Å². The van der Waals surface area contributed by atoms with Gasteiger partial charge in [-0.05, 0) is 30.2 Å². The molecule has 0 unspecified atom stereocenters. The lowest BCUT2D eigenvalue weighted by atomic mass is 10.1. The second-order valence-electron chi connectivity index (χ2n) is 6.03. The Hall–Kier alpha value is -2.83. The summed E-state index contributed by atoms with van der Waals surface area (Å²) in [5.41, 5.74) is 2.84. The molecule has 1 aromatic heterocycles. The second-order valence-corrected chi connectivity index (χ2v) is 6.03. The van der Waals surface area contributed by atoms with Crippen LogP contribution in [0.1, 0.15) is 41.4 Å². The number of hydrogen-bond donors (Lipinski definition) is 3. The number of aliphatic imine (C=N–C) groups is 1. The van der Waals surface area contributed by atoms with Crippen LogP contribution in [-0.2, 0) is 20.1 Å². The van der Waals surface area contributed by atoms with Crippen LogP contribution in [0, 0.1) is 0 Å². The maximum atomic E-state index is 12.0. The molecule has 0 atom stereocenters. The summed E-state index contributed by atoms with van der Waals surface area (Å²) in [6, 6.07) is 9.57. The van der Waals surface area contributed by atoms with E-state index in [0.717, 1.165) is 30.6 Å². The van der Waals surface area contributed by atoms with Gasteiger partial charge in [-0.1, -0.05) is 25.5 Å². The van der Waals surface area contributed by atoms with Crippen molar-refractivity contribution in [2.24, 2.45) is 12.0 Å². The maximum Gasteiger partial charge on any atom is 0.251 e. The Labute approximate surface area is 154 Å². The van der Waals surface area contributed by atoms with Gasteiger partial charge in [-0.2, -0.15) is 5.10 Å². The van der Waals surface area contributed by atoms with Crippen LogP contribution in [0.3, 0.4) is 0 Å². The highest BCUT2D eigenvalue weighted by atomic mass is 16.1. The molecule has 0 saturated carbocycles. The van der Waals surface area contributed by atoms with Crippen LogP contribution < -0.4 is 16.0 Å². The van der Waals surface area contributed by atoms with Crippen molar-refractivity contribution in [2.45, 2.75) is 32.9 Å². The van der Waals surface area contributed by atoms with Crippen LogP contribution in [0.5, 0.6) is 0 Å². The van der Waals surface area contributed by atoms with Gasteiger partial charge in [0.05, 0.1) is 12.2 Å². The lowest BCUT2D eigenvalue weighted by Crippen LogP contribution is -2.36. The molecule has 0 aliphatic heterocycles. The third-order valence-electron chi connectivity index (χ3n) is 4.07. The van der Waals surface area contributed by atoms with Crippen LogP contribution in [0.15, 0.2) is 41.5 Å². The average molecular weight is 356 g/mol. The number of aryl methyl sites for hydroxylation is 1. The van der Waals surface area contributed by atoms with Crippen LogP contribution >= 0.6 is 0 Å². The van der Waals surface area contributed by atoms with E-state index in [4.69, 9.17) is 0 Å². The van der Waals surface area contributed by atoms with Crippen molar-refractivity contribution in [1.82, 2.24) is 25.7 Å². The highest BCUT2D eigenvalue weighted by Crippen LogP contribution is 2.04. The van der Waals surface area contributed by atoms with E-state index in [0.29, 0.717) is 24.6 Å². The fraction of sp³-hybridized carbons (Fsp3) is 0.421. The van der Waals surface area contributed by atoms with Gasteiger partial charge in [0.1, 0.15) is 0 Å². The predicted octanol–water partition coefficient (Wildman–Crippen LogP) is 1.82. The zero-order valence-electron chi connectivity index (χ0n) is 15.7. The van der Waals surface area contributed by atoms with Gasteiger partial charge in [0.2, 0.25) is 0 Å². The van der Waals surface area contributed by atoms with Crippen LogP contribution in [0.2, 0.25) is 0 Å². The molecule has 7 heteroatoms. The van der Waals surface area contributed by atoms with Gasteiger partial charge in [-0.15, -0.1) is 0 Å². The number of benzene rings is 1. The molecular formula is C19H28N6O. The van der Waals surface area contributed by atoms with Gasteiger partial charge in [-0.3, -0.25) is 14.5 Å². The highest BCUT2D eigenvalue weighted by Gasteiger charge is 2.05. The number of hydrogen-bond acceptors (Lipinski definition) is 3. The maximum absolute atomic E-state index is 12.0. The van der Waals surface area contributed by atoms with Crippen LogP contribution in [0.4, 0.5) is 0 Å². The minimum Gasteiger partial charge on any atom is -0.352 e. The second kappa shape index (κ2) is 10.2. The Morgan fingerprint density at radius 2 is 1.85 bits per heavy atom. The zero-order valence-corrected chi connectivity index (χ0v) is 15.7. The molecule has 0 aliphatic rings. The molecule has 7 nitrogen and oxygen atoms in total. The lowest BCUT2D eigenvalue weighted by Gasteiger charge is -2.12. The molecule has 0 fully saturated rings. The molecule has 0 bridgehead atoms. The number of amides is 1. The van der Waals surface area contributed by atoms with E-state index in [2.05, 4.69) is 33.0 Å². The van der Waals surface area contributed by atoms with Crippen molar-refractivity contribution in [3.63, 3.8) is 0 Å². The Morgan fingerprint density at radius 1 is 1.12 bits per heavy atom. The number of carbonyl (C=O) groups is 1. The summed E-state index contributed by atoms with van der Waals surface area (Å²) >= 11 is 0. The number of nitrogens with zero attached hydrogens (tertiary/aromatic N) is 3. The third-order valence-corrected chi connectivity index (χ3v) is 4.07. The molecule has 0 saturated heterocycles. The first-order chi connectivity index (χ1) is 12.6. The third kappa shape index (κ3) is 5.91. The molecule has 140 valence electrons. The highest BCUT2D eigenvalue weighted by molar-refractivity contribution is 5.94. The molecule has 1 aromatic carbocycles. The summed E-state index contributed by atoms with van der Waals surface area (Å²) in [6.45, 7) is 4.10. The SMILES string of the molecule is CCCCNC(=O)c1ccc(CNC(=NC)NCc2ccnn2C)cc1. The van der Waals surface area contributed by atoms with Crippen molar-refractivity contribution < 1.29 is 4.79 Å². The molecule has 26 heavy (non-hydrogen) atoms. The van der Waals surface area contributed by atoms with Crippen molar-refractivity contribution in [3.05, 3.63) is 53.3 Å². The van der Waals surface area contributed by atoms with E-state index in [1.807, 2.05) is 42.1 Å². The van der Waals surface area contributed by atoms with Crippen molar-refractivity contribution in [2.75, 3.05) is 13.6 Å². The Bertz CT molecular complexity index is 720. The smallest absolute Gasteiger partial charge is 0.251 e. The minimum atomic E-state index is -0.0217. The average Bonchev–Trinajstić information content (AvgIpc) is 3.07. The standard InChI is InChI=1S/C19H28N6O/c1-4-5-11-21-18(26)16-8-6-15(7-9-16)13-22-19(20-2)23-14-17-10-12-24-25(17)3/h6-10,12H,4-5,11,13-14H2,1-3H3,(H,21,26)(H2,20,22,23). The number of nitrogens with one attached hydrogen (secondary N) is 3. The Morgan fingerprint density at radius 3 is 2.46 bits per heavy atom. The summed E-state index contributed by atoms with van der Waals surface area (Å²) in [7, 11) is 3.65. The predicted molar refractivity (Wildman–Crippen MR) is 104 cm³/mol. The van der Waals surface area contributed by atoms with Crippen molar-refractivity contribution >= 4 is 11.9 Å². The Balaban J connectivity index is 1.80. The summed E-state index contributed by atoms with van der Waals surface area (Å²) < 4.78 is 1.82. The van der Waals surface area contributed by atoms with E-state index < -0.39 is 0 Å². The van der Waals surface area contributed by atoms with Gasteiger partial charge in [0.25, 0.3) is 5.91 Å². The number of carbonyl (C=O) groups excluding carboxylic acids is 1. The van der Waals surface area contributed by atoms with Crippen LogP contribution in [-0.4, -0.2) is 35.2 Å². The van der Waals surface area contributed by atoms with E-state index in [-0.39, 0.29) is 5.91 Å². The molecule has 2 aromatic rings. The van der Waals surface area contributed by atoms with E-state index >= 15 is 0 Å². The van der Waals surface area contributed by atoms with Gasteiger partial charge in [0, 0.05) is 38.9 Å². The van der Waals surface area contributed by atoms with Gasteiger partial charge in [-0.25, -0.2) is 0 Å². The number of aromatic nitrogens is 2. The van der Waals surface area contributed by atoms with E-state index in [1.165, 1.54) is 0 Å². The molecule has 0 radical (unpaired) electrons. The fourth-order valence-corrected chi connectivity index (χ4v) is 2.41. The number of unbranched alkanes of at least 4 members (excludes halogenated alkanes) is 1. The number of rotatable bonds is 8. The summed E-state index contributed by atoms with van der Waals surface area (Å²) in [5.74, 6) is 0.694. The first-order valence-electron chi connectivity index (χ1n) is 8.92. The molecule has 1 amide bonds. The quantitative estimate of drug-likeness (QED) is 0.383. The van der Waals surface area contributed by atoms with E-state index in [1.54, 1.807) is 13.2 Å². The largest absolute Gasteiger partial charge is 0.352 e. The normalized spacial score (nSPS) is 11.3. The summed E-state index contributed by atoms with van der Waals surface area (Å²) in [6.07, 6.45) is 3.84. The summed E-state index contributed by atoms with van der Waals surface area (Å²) in [5, 5.41) is 13.6. The fourth-order valence-electron chi connectivity index (χ4n) is 2.41. The van der Waals surface area contributed by atoms with Gasteiger partial charge in [0.15, 0.2) is 5.96 Å². The zero-order chi connectivity index (χ0) is 18.8. The first-order valence-corrected chi connectivity index (χ1v) is 8.92. The molecule has 1 heterocycles. The first kappa shape index (κ1) is 19.5.